The van der Waals surface area contributed by atoms with Crippen molar-refractivity contribution in [3.63, 3.8) is 0 Å². The van der Waals surface area contributed by atoms with Crippen molar-refractivity contribution in [2.45, 2.75) is 50.7 Å². The van der Waals surface area contributed by atoms with Crippen LogP contribution in [0.15, 0.2) is 30.3 Å². The number of benzene rings is 1. The van der Waals surface area contributed by atoms with Crippen molar-refractivity contribution in [3.8, 4) is 5.75 Å². The predicted octanol–water partition coefficient (Wildman–Crippen LogP) is 3.51. The third kappa shape index (κ3) is 2.94. The minimum absolute atomic E-state index is 0.227. The van der Waals surface area contributed by atoms with E-state index in [0.717, 1.165) is 18.6 Å². The number of ether oxygens (including phenoxy) is 1. The zero-order valence-corrected chi connectivity index (χ0v) is 10.8. The van der Waals surface area contributed by atoms with Crippen molar-refractivity contribution in [2.24, 2.45) is 5.73 Å². The van der Waals surface area contributed by atoms with Crippen LogP contribution in [-0.2, 0) is 0 Å². The second-order valence-corrected chi connectivity index (χ2v) is 5.44. The van der Waals surface area contributed by atoms with Crippen LogP contribution in [0, 0.1) is 0 Å². The van der Waals surface area contributed by atoms with Crippen molar-refractivity contribution in [2.75, 3.05) is 0 Å². The minimum Gasteiger partial charge on any atom is -0.490 e. The van der Waals surface area contributed by atoms with Crippen LogP contribution in [0.25, 0.3) is 5.57 Å². The maximum atomic E-state index is 6.07. The Kier molecular flexibility index (Phi) is 3.37. The SMILES string of the molecule is NC1C=C(c2ccc(OC3CC3)cc2)CCCC1. The van der Waals surface area contributed by atoms with E-state index in [1.54, 1.807) is 0 Å². The fourth-order valence-corrected chi connectivity index (χ4v) is 2.49. The lowest BCUT2D eigenvalue weighted by Crippen LogP contribution is -2.15. The van der Waals surface area contributed by atoms with E-state index in [4.69, 9.17) is 10.5 Å². The van der Waals surface area contributed by atoms with E-state index in [0.29, 0.717) is 6.10 Å². The molecule has 0 amide bonds. The van der Waals surface area contributed by atoms with Gasteiger partial charge in [-0.3, -0.25) is 0 Å². The molecule has 1 aromatic carbocycles. The molecule has 2 N–H and O–H groups in total. The smallest absolute Gasteiger partial charge is 0.119 e. The molecule has 18 heavy (non-hydrogen) atoms. The second-order valence-electron chi connectivity index (χ2n) is 5.44. The molecule has 1 saturated carbocycles. The summed E-state index contributed by atoms with van der Waals surface area (Å²) in [6, 6.07) is 8.74. The van der Waals surface area contributed by atoms with Gasteiger partial charge < -0.3 is 10.5 Å². The molecule has 1 atom stereocenters. The third-order valence-corrected chi connectivity index (χ3v) is 3.70. The summed E-state index contributed by atoms with van der Waals surface area (Å²) in [6.07, 6.45) is 9.89. The fourth-order valence-electron chi connectivity index (χ4n) is 2.49. The highest BCUT2D eigenvalue weighted by molar-refractivity contribution is 5.66. The molecule has 0 aromatic heterocycles. The van der Waals surface area contributed by atoms with Gasteiger partial charge in [-0.2, -0.15) is 0 Å². The first kappa shape index (κ1) is 11.8. The van der Waals surface area contributed by atoms with Crippen molar-refractivity contribution >= 4 is 5.57 Å². The van der Waals surface area contributed by atoms with E-state index in [2.05, 4.69) is 30.3 Å². The molecule has 2 aliphatic rings. The summed E-state index contributed by atoms with van der Waals surface area (Å²) in [5, 5.41) is 0. The van der Waals surface area contributed by atoms with E-state index >= 15 is 0 Å². The summed E-state index contributed by atoms with van der Waals surface area (Å²) in [7, 11) is 0. The fraction of sp³-hybridized carbons (Fsp3) is 0.500. The summed E-state index contributed by atoms with van der Waals surface area (Å²) >= 11 is 0. The van der Waals surface area contributed by atoms with Gasteiger partial charge >= 0.3 is 0 Å². The van der Waals surface area contributed by atoms with Gasteiger partial charge in [0.1, 0.15) is 5.75 Å². The zero-order valence-electron chi connectivity index (χ0n) is 10.8. The standard InChI is InChI=1S/C16H21NO/c17-14-4-2-1-3-13(11-14)12-5-7-15(8-6-12)18-16-9-10-16/h5-8,11,14,16H,1-4,9-10,17H2. The highest BCUT2D eigenvalue weighted by Crippen LogP contribution is 2.30. The summed E-state index contributed by atoms with van der Waals surface area (Å²) in [5.41, 5.74) is 8.77. The number of nitrogens with two attached hydrogens (primary N) is 1. The number of hydrogen-bond acceptors (Lipinski definition) is 2. The Morgan fingerprint density at radius 1 is 1.00 bits per heavy atom. The molecule has 1 fully saturated rings. The first-order valence-electron chi connectivity index (χ1n) is 7.04. The highest BCUT2D eigenvalue weighted by Gasteiger charge is 2.23. The quantitative estimate of drug-likeness (QED) is 0.881. The molecule has 0 spiro atoms. The average molecular weight is 243 g/mol. The zero-order chi connectivity index (χ0) is 12.4. The van der Waals surface area contributed by atoms with Crippen LogP contribution in [-0.4, -0.2) is 12.1 Å². The Balaban J connectivity index is 1.74. The lowest BCUT2D eigenvalue weighted by atomic mass is 10.0. The molecule has 2 aliphatic carbocycles. The van der Waals surface area contributed by atoms with E-state index in [1.807, 2.05) is 0 Å². The Bertz CT molecular complexity index is 431. The highest BCUT2D eigenvalue weighted by atomic mass is 16.5. The molecular formula is C16H21NO. The second kappa shape index (κ2) is 5.15. The predicted molar refractivity (Wildman–Crippen MR) is 74.5 cm³/mol. The molecule has 0 aliphatic heterocycles. The van der Waals surface area contributed by atoms with Crippen molar-refractivity contribution in [1.29, 1.82) is 0 Å². The molecule has 1 aromatic rings. The molecule has 2 heteroatoms. The molecule has 96 valence electrons. The van der Waals surface area contributed by atoms with Crippen molar-refractivity contribution in [1.82, 2.24) is 0 Å². The molecule has 0 saturated heterocycles. The van der Waals surface area contributed by atoms with Gasteiger partial charge in [0.2, 0.25) is 0 Å². The Hall–Kier alpha value is -1.28. The van der Waals surface area contributed by atoms with Gasteiger partial charge in [0, 0.05) is 6.04 Å². The van der Waals surface area contributed by atoms with E-state index in [-0.39, 0.29) is 6.04 Å². The van der Waals surface area contributed by atoms with Crippen LogP contribution < -0.4 is 10.5 Å². The molecule has 0 radical (unpaired) electrons. The molecular weight excluding hydrogens is 222 g/mol. The first-order valence-corrected chi connectivity index (χ1v) is 7.04. The third-order valence-electron chi connectivity index (χ3n) is 3.70. The van der Waals surface area contributed by atoms with Crippen molar-refractivity contribution < 1.29 is 4.74 Å². The molecule has 0 bridgehead atoms. The van der Waals surface area contributed by atoms with Crippen LogP contribution in [0.3, 0.4) is 0 Å². The van der Waals surface area contributed by atoms with Crippen LogP contribution in [0.5, 0.6) is 5.75 Å². The molecule has 2 nitrogen and oxygen atoms in total. The van der Waals surface area contributed by atoms with Crippen LogP contribution in [0.4, 0.5) is 0 Å². The average Bonchev–Trinajstić information content (AvgIpc) is 3.18. The Morgan fingerprint density at radius 3 is 2.50 bits per heavy atom. The van der Waals surface area contributed by atoms with Gasteiger partial charge in [-0.25, -0.2) is 0 Å². The maximum Gasteiger partial charge on any atom is 0.119 e. The Morgan fingerprint density at radius 2 is 1.78 bits per heavy atom. The topological polar surface area (TPSA) is 35.2 Å². The van der Waals surface area contributed by atoms with Gasteiger partial charge in [0.15, 0.2) is 0 Å². The minimum atomic E-state index is 0.227. The normalized spacial score (nSPS) is 24.3. The number of hydrogen-bond donors (Lipinski definition) is 1. The van der Waals surface area contributed by atoms with Gasteiger partial charge in [-0.1, -0.05) is 24.6 Å². The van der Waals surface area contributed by atoms with Gasteiger partial charge in [0.25, 0.3) is 0 Å². The summed E-state index contributed by atoms with van der Waals surface area (Å²) < 4.78 is 5.77. The van der Waals surface area contributed by atoms with Gasteiger partial charge in [0.05, 0.1) is 6.10 Å². The number of allylic oxidation sites excluding steroid dienone is 1. The van der Waals surface area contributed by atoms with E-state index in [9.17, 15) is 0 Å². The maximum absolute atomic E-state index is 6.07. The van der Waals surface area contributed by atoms with Gasteiger partial charge in [-0.05, 0) is 55.4 Å². The summed E-state index contributed by atoms with van der Waals surface area (Å²) in [4.78, 5) is 0. The molecule has 0 heterocycles. The molecule has 1 unspecified atom stereocenters. The lowest BCUT2D eigenvalue weighted by Gasteiger charge is -2.09. The monoisotopic (exact) mass is 243 g/mol. The largest absolute Gasteiger partial charge is 0.490 e. The first-order chi connectivity index (χ1) is 8.81. The van der Waals surface area contributed by atoms with E-state index in [1.165, 1.54) is 36.8 Å². The summed E-state index contributed by atoms with van der Waals surface area (Å²) in [5.74, 6) is 1.000. The molecule has 3 rings (SSSR count). The van der Waals surface area contributed by atoms with E-state index < -0.39 is 0 Å². The Labute approximate surface area is 109 Å². The van der Waals surface area contributed by atoms with Crippen LogP contribution in [0.1, 0.15) is 44.1 Å². The van der Waals surface area contributed by atoms with Gasteiger partial charge in [-0.15, -0.1) is 0 Å². The van der Waals surface area contributed by atoms with Crippen molar-refractivity contribution in [3.05, 3.63) is 35.9 Å². The van der Waals surface area contributed by atoms with Crippen LogP contribution in [0.2, 0.25) is 0 Å². The number of rotatable bonds is 3. The van der Waals surface area contributed by atoms with Crippen LogP contribution >= 0.6 is 0 Å². The lowest BCUT2D eigenvalue weighted by molar-refractivity contribution is 0.303. The summed E-state index contributed by atoms with van der Waals surface area (Å²) in [6.45, 7) is 0.